The Labute approximate surface area is 234 Å². The number of nitrogens with zero attached hydrogens (tertiary/aromatic N) is 2. The number of pyridine rings is 1. The van der Waals surface area contributed by atoms with Crippen LogP contribution in [0, 0.1) is 6.92 Å². The van der Waals surface area contributed by atoms with Gasteiger partial charge in [0.2, 0.25) is 0 Å². The van der Waals surface area contributed by atoms with Gasteiger partial charge in [0.1, 0.15) is 11.9 Å². The molecule has 0 spiro atoms. The lowest BCUT2D eigenvalue weighted by atomic mass is 9.95. The Morgan fingerprint density at radius 3 is 2.83 bits per heavy atom. The number of rotatable bonds is 5. The molecule has 9 heteroatoms. The molecule has 1 atom stereocenters. The molecule has 200 valence electrons. The number of amides is 2. The minimum atomic E-state index is -0.618. The lowest BCUT2D eigenvalue weighted by Crippen LogP contribution is -2.24. The third-order valence-electron chi connectivity index (χ3n) is 7.79. The van der Waals surface area contributed by atoms with Gasteiger partial charge in [-0.05, 0) is 53.9 Å². The first-order valence-electron chi connectivity index (χ1n) is 13.1. The summed E-state index contributed by atoms with van der Waals surface area (Å²) in [7, 11) is 0. The molecule has 3 N–H and O–H groups in total. The number of fused-ring (bicyclic) bond motifs is 4. The second kappa shape index (κ2) is 9.36. The molecule has 2 aliphatic rings. The number of anilines is 1. The molecule has 7 rings (SSSR count). The van der Waals surface area contributed by atoms with Gasteiger partial charge < -0.3 is 25.1 Å². The van der Waals surface area contributed by atoms with Crippen LogP contribution in [0.4, 0.5) is 5.69 Å². The predicted octanol–water partition coefficient (Wildman–Crippen LogP) is 5.77. The fraction of sp³-hybridized carbons (Fsp3) is 0.194. The van der Waals surface area contributed by atoms with Crippen LogP contribution in [0.3, 0.4) is 0 Å². The smallest absolute Gasteiger partial charge is 0.269 e. The Morgan fingerprint density at radius 2 is 2.02 bits per heavy atom. The summed E-state index contributed by atoms with van der Waals surface area (Å²) < 4.78 is 11.5. The van der Waals surface area contributed by atoms with E-state index in [0.717, 1.165) is 56.4 Å². The van der Waals surface area contributed by atoms with E-state index in [1.165, 1.54) is 0 Å². The largest absolute Gasteiger partial charge is 0.488 e. The summed E-state index contributed by atoms with van der Waals surface area (Å²) in [5, 5.41) is 2.28. The molecule has 1 saturated heterocycles. The van der Waals surface area contributed by atoms with E-state index in [1.807, 2.05) is 49.4 Å². The van der Waals surface area contributed by atoms with E-state index in [9.17, 15) is 9.59 Å². The zero-order valence-electron chi connectivity index (χ0n) is 21.7. The standard InChI is InChI=1S/C31H25ClN4O4/c1-16-21(3-2-4-26(16)36-14-17-5-6-18(32)11-23(17)31(36)38)24-13-34-29(30(33)37)28-27(24)22-8-7-19(12-25(22)35-28)40-20-9-10-39-15-20/h2-8,11-13,20,35H,9-10,14-15H2,1H3,(H2,33,37). The van der Waals surface area contributed by atoms with Crippen molar-refractivity contribution in [3.05, 3.63) is 88.2 Å². The Hall–Kier alpha value is -4.40. The third kappa shape index (κ3) is 3.91. The van der Waals surface area contributed by atoms with E-state index in [4.69, 9.17) is 26.8 Å². The number of nitrogens with one attached hydrogen (secondary N) is 1. The first-order valence-corrected chi connectivity index (χ1v) is 13.5. The Morgan fingerprint density at radius 1 is 1.15 bits per heavy atom. The minimum Gasteiger partial charge on any atom is -0.488 e. The minimum absolute atomic E-state index is 0.0149. The van der Waals surface area contributed by atoms with E-state index in [0.29, 0.717) is 35.9 Å². The lowest BCUT2D eigenvalue weighted by molar-refractivity contribution is 0.0988. The van der Waals surface area contributed by atoms with E-state index in [2.05, 4.69) is 9.97 Å². The van der Waals surface area contributed by atoms with Crippen LogP contribution >= 0.6 is 11.6 Å². The Bertz CT molecular complexity index is 1860. The Kier molecular flexibility index (Phi) is 5.76. The van der Waals surface area contributed by atoms with Crippen LogP contribution in [0.2, 0.25) is 5.02 Å². The third-order valence-corrected chi connectivity index (χ3v) is 8.02. The van der Waals surface area contributed by atoms with Crippen LogP contribution < -0.4 is 15.4 Å². The Balaban J connectivity index is 1.36. The van der Waals surface area contributed by atoms with Crippen LogP contribution in [0.5, 0.6) is 5.75 Å². The number of carbonyl (C=O) groups is 2. The molecule has 2 amide bonds. The summed E-state index contributed by atoms with van der Waals surface area (Å²) in [6.45, 7) is 3.72. The molecule has 8 nitrogen and oxygen atoms in total. The van der Waals surface area contributed by atoms with Crippen molar-refractivity contribution in [2.24, 2.45) is 5.73 Å². The summed E-state index contributed by atoms with van der Waals surface area (Å²) >= 11 is 6.17. The highest BCUT2D eigenvalue weighted by atomic mass is 35.5. The molecule has 0 aliphatic carbocycles. The maximum atomic E-state index is 13.3. The molecule has 0 saturated carbocycles. The normalized spacial score (nSPS) is 16.7. The van der Waals surface area contributed by atoms with Crippen molar-refractivity contribution in [1.82, 2.24) is 9.97 Å². The van der Waals surface area contributed by atoms with Crippen molar-refractivity contribution in [1.29, 1.82) is 0 Å². The predicted molar refractivity (Wildman–Crippen MR) is 154 cm³/mol. The quantitative estimate of drug-likeness (QED) is 0.287. The summed E-state index contributed by atoms with van der Waals surface area (Å²) in [6, 6.07) is 17.1. The fourth-order valence-corrected chi connectivity index (χ4v) is 6.00. The van der Waals surface area contributed by atoms with E-state index >= 15 is 0 Å². The maximum Gasteiger partial charge on any atom is 0.269 e. The molecule has 2 aromatic heterocycles. The highest BCUT2D eigenvalue weighted by Gasteiger charge is 2.30. The number of hydrogen-bond donors (Lipinski definition) is 2. The van der Waals surface area contributed by atoms with Crippen LogP contribution in [-0.2, 0) is 11.3 Å². The van der Waals surface area contributed by atoms with E-state index in [1.54, 1.807) is 23.2 Å². The van der Waals surface area contributed by atoms with Gasteiger partial charge in [-0.2, -0.15) is 0 Å². The topological polar surface area (TPSA) is 111 Å². The number of H-pyrrole nitrogens is 1. The van der Waals surface area contributed by atoms with Crippen molar-refractivity contribution in [2.75, 3.05) is 18.1 Å². The highest BCUT2D eigenvalue weighted by Crippen LogP contribution is 2.41. The zero-order chi connectivity index (χ0) is 27.5. The molecular formula is C31H25ClN4O4. The fourth-order valence-electron chi connectivity index (χ4n) is 5.83. The van der Waals surface area contributed by atoms with Crippen molar-refractivity contribution in [2.45, 2.75) is 26.0 Å². The van der Waals surface area contributed by atoms with Crippen molar-refractivity contribution in [3.63, 3.8) is 0 Å². The number of benzene rings is 3. The molecule has 2 aliphatic heterocycles. The van der Waals surface area contributed by atoms with Gasteiger partial charge in [-0.15, -0.1) is 0 Å². The first kappa shape index (κ1) is 24.6. The van der Waals surface area contributed by atoms with Crippen LogP contribution in [0.25, 0.3) is 32.9 Å². The summed E-state index contributed by atoms with van der Waals surface area (Å²) in [6.07, 6.45) is 2.54. The second-order valence-electron chi connectivity index (χ2n) is 10.2. The van der Waals surface area contributed by atoms with Crippen molar-refractivity contribution < 1.29 is 19.1 Å². The van der Waals surface area contributed by atoms with Crippen molar-refractivity contribution in [3.8, 4) is 16.9 Å². The molecule has 5 aromatic rings. The number of aromatic nitrogens is 2. The van der Waals surface area contributed by atoms with E-state index < -0.39 is 5.91 Å². The molecule has 1 fully saturated rings. The highest BCUT2D eigenvalue weighted by molar-refractivity contribution is 6.31. The molecule has 4 heterocycles. The number of nitrogens with two attached hydrogens (primary N) is 1. The number of carbonyl (C=O) groups excluding carboxylic acids is 2. The van der Waals surface area contributed by atoms with E-state index in [-0.39, 0.29) is 17.7 Å². The van der Waals surface area contributed by atoms with Gasteiger partial charge in [0.25, 0.3) is 11.8 Å². The number of ether oxygens (including phenoxy) is 2. The summed E-state index contributed by atoms with van der Waals surface area (Å²) in [4.78, 5) is 35.3. The zero-order valence-corrected chi connectivity index (χ0v) is 22.4. The van der Waals surface area contributed by atoms with Crippen LogP contribution in [0.15, 0.2) is 60.8 Å². The maximum absolute atomic E-state index is 13.3. The number of primary amides is 1. The average molecular weight is 553 g/mol. The molecule has 0 radical (unpaired) electrons. The molecule has 40 heavy (non-hydrogen) atoms. The van der Waals surface area contributed by atoms with Gasteiger partial charge in [-0.3, -0.25) is 9.59 Å². The molecule has 0 bridgehead atoms. The molecule has 1 unspecified atom stereocenters. The van der Waals surface area contributed by atoms with Crippen LogP contribution in [0.1, 0.15) is 38.4 Å². The van der Waals surface area contributed by atoms with Gasteiger partial charge in [0.15, 0.2) is 5.69 Å². The SMILES string of the molecule is Cc1c(-c2cnc(C(N)=O)c3[nH]c4cc(OC5CCOC5)ccc4c23)cccc1N1Cc2ccc(Cl)cc2C1=O. The van der Waals surface area contributed by atoms with Gasteiger partial charge in [-0.25, -0.2) is 4.98 Å². The number of hydrogen-bond acceptors (Lipinski definition) is 5. The van der Waals surface area contributed by atoms with Gasteiger partial charge >= 0.3 is 0 Å². The average Bonchev–Trinajstić information content (AvgIpc) is 3.66. The molecular weight excluding hydrogens is 528 g/mol. The van der Waals surface area contributed by atoms with Crippen molar-refractivity contribution >= 4 is 50.9 Å². The second-order valence-corrected chi connectivity index (χ2v) is 10.6. The first-order chi connectivity index (χ1) is 19.4. The lowest BCUT2D eigenvalue weighted by Gasteiger charge is -2.21. The van der Waals surface area contributed by atoms with Gasteiger partial charge in [0, 0.05) is 51.3 Å². The summed E-state index contributed by atoms with van der Waals surface area (Å²) in [5.74, 6) is 0.0136. The molecule has 3 aromatic carbocycles. The number of aromatic amines is 1. The number of halogens is 1. The monoisotopic (exact) mass is 552 g/mol. The summed E-state index contributed by atoms with van der Waals surface area (Å²) in [5.41, 5.74) is 12.3. The van der Waals surface area contributed by atoms with Gasteiger partial charge in [-0.1, -0.05) is 29.8 Å². The van der Waals surface area contributed by atoms with Gasteiger partial charge in [0.05, 0.1) is 30.8 Å². The van der Waals surface area contributed by atoms with Crippen LogP contribution in [-0.4, -0.2) is 41.1 Å².